The Morgan fingerprint density at radius 3 is 2.44 bits per heavy atom. The van der Waals surface area contributed by atoms with E-state index in [1.165, 1.54) is 12.1 Å². The van der Waals surface area contributed by atoms with Gasteiger partial charge in [-0.3, -0.25) is 19.7 Å². The second kappa shape index (κ2) is 10.3. The molecule has 0 atom stereocenters. The number of hydrogen-bond acceptors (Lipinski definition) is 6. The van der Waals surface area contributed by atoms with Gasteiger partial charge in [-0.25, -0.2) is 4.90 Å². The maximum atomic E-state index is 12.9. The van der Waals surface area contributed by atoms with Gasteiger partial charge >= 0.3 is 0 Å². The van der Waals surface area contributed by atoms with Gasteiger partial charge in [0, 0.05) is 12.1 Å². The van der Waals surface area contributed by atoms with Crippen LogP contribution in [0.15, 0.2) is 74.5 Å². The highest BCUT2D eigenvalue weighted by Crippen LogP contribution is 2.40. The van der Waals surface area contributed by atoms with Crippen LogP contribution in [0.4, 0.5) is 16.2 Å². The minimum atomic E-state index is -0.461. The lowest BCUT2D eigenvalue weighted by atomic mass is 10.2. The topological polar surface area (TPSA) is 89.7 Å². The first-order chi connectivity index (χ1) is 16.2. The molecule has 0 radical (unpaired) electrons. The Morgan fingerprint density at radius 1 is 1.06 bits per heavy atom. The molecule has 2 amide bonds. The molecule has 1 aliphatic rings. The molecule has 4 rings (SSSR count). The van der Waals surface area contributed by atoms with Crippen LogP contribution in [-0.4, -0.2) is 16.1 Å². The maximum absolute atomic E-state index is 12.9. The van der Waals surface area contributed by atoms with Crippen LogP contribution in [0.2, 0.25) is 5.02 Å². The minimum Gasteiger partial charge on any atom is -0.487 e. The Morgan fingerprint density at radius 2 is 1.76 bits per heavy atom. The van der Waals surface area contributed by atoms with Gasteiger partial charge in [-0.2, -0.15) is 0 Å². The number of nitro benzene ring substituents is 1. The van der Waals surface area contributed by atoms with Crippen LogP contribution >= 0.6 is 55.2 Å². The van der Waals surface area contributed by atoms with Crippen LogP contribution in [-0.2, 0) is 11.4 Å². The van der Waals surface area contributed by atoms with Gasteiger partial charge in [0.1, 0.15) is 12.4 Å². The van der Waals surface area contributed by atoms with Crippen molar-refractivity contribution in [1.29, 1.82) is 0 Å². The van der Waals surface area contributed by atoms with Crippen molar-refractivity contribution in [3.05, 3.63) is 101 Å². The van der Waals surface area contributed by atoms with E-state index in [1.54, 1.807) is 54.6 Å². The molecule has 3 aromatic carbocycles. The Labute approximate surface area is 220 Å². The third-order valence-electron chi connectivity index (χ3n) is 4.71. The first kappa shape index (κ1) is 24.5. The van der Waals surface area contributed by atoms with Gasteiger partial charge in [-0.15, -0.1) is 0 Å². The van der Waals surface area contributed by atoms with E-state index < -0.39 is 16.1 Å². The SMILES string of the molecule is O=C1S/C(=C\c2cc(Br)c(OCc3cccc([N+](=O)[O-])c3)c(Br)c2)C(=O)N1c1ccccc1Cl. The van der Waals surface area contributed by atoms with Gasteiger partial charge in [-0.05, 0) is 85.1 Å². The summed E-state index contributed by atoms with van der Waals surface area (Å²) in [7, 11) is 0. The molecular weight excluding hydrogens is 612 g/mol. The fourth-order valence-electron chi connectivity index (χ4n) is 3.18. The number of carbonyl (C=O) groups is 2. The smallest absolute Gasteiger partial charge is 0.298 e. The minimum absolute atomic E-state index is 0.0136. The van der Waals surface area contributed by atoms with Crippen molar-refractivity contribution < 1.29 is 19.2 Å². The fraction of sp³-hybridized carbons (Fsp3) is 0.0435. The highest BCUT2D eigenvalue weighted by Gasteiger charge is 2.37. The highest BCUT2D eigenvalue weighted by atomic mass is 79.9. The molecule has 7 nitrogen and oxygen atoms in total. The quantitative estimate of drug-likeness (QED) is 0.160. The van der Waals surface area contributed by atoms with Gasteiger partial charge in [0.25, 0.3) is 16.8 Å². The number of halogens is 3. The summed E-state index contributed by atoms with van der Waals surface area (Å²) in [6.07, 6.45) is 1.61. The second-order valence-electron chi connectivity index (χ2n) is 7.00. The molecule has 0 unspecified atom stereocenters. The van der Waals surface area contributed by atoms with Crippen molar-refractivity contribution >= 4 is 83.8 Å². The normalized spacial score (nSPS) is 14.7. The standard InChI is InChI=1S/C23H13Br2ClN2O5S/c24-16-9-14(10-17(25)21(16)33-12-13-4-3-5-15(8-13)28(31)32)11-20-22(29)27(23(30)34-20)19-7-2-1-6-18(19)26/h1-11H,12H2/b20-11-. The number of ether oxygens (including phenoxy) is 1. The summed E-state index contributed by atoms with van der Waals surface area (Å²) in [5.74, 6) is 0.0363. The number of imide groups is 1. The number of non-ortho nitro benzene ring substituents is 1. The van der Waals surface area contributed by atoms with Crippen LogP contribution < -0.4 is 9.64 Å². The number of nitro groups is 1. The number of carbonyl (C=O) groups excluding carboxylic acids is 2. The summed E-state index contributed by atoms with van der Waals surface area (Å²) in [5.41, 5.74) is 1.62. The number of hydrogen-bond donors (Lipinski definition) is 0. The van der Waals surface area contributed by atoms with Crippen molar-refractivity contribution in [2.75, 3.05) is 4.90 Å². The molecule has 34 heavy (non-hydrogen) atoms. The molecule has 172 valence electrons. The molecule has 3 aromatic rings. The summed E-state index contributed by atoms with van der Waals surface area (Å²) in [6, 6.07) is 16.3. The van der Waals surface area contributed by atoms with Crippen LogP contribution in [0.25, 0.3) is 6.08 Å². The van der Waals surface area contributed by atoms with Gasteiger partial charge in [0.05, 0.1) is 29.5 Å². The number of thioether (sulfide) groups is 1. The summed E-state index contributed by atoms with van der Waals surface area (Å²) in [6.45, 7) is 0.120. The number of nitrogens with zero attached hydrogens (tertiary/aromatic N) is 2. The van der Waals surface area contributed by atoms with Crippen molar-refractivity contribution in [1.82, 2.24) is 0 Å². The van der Waals surface area contributed by atoms with E-state index in [1.807, 2.05) is 0 Å². The van der Waals surface area contributed by atoms with E-state index in [2.05, 4.69) is 31.9 Å². The van der Waals surface area contributed by atoms with Gasteiger partial charge in [-0.1, -0.05) is 35.9 Å². The van der Waals surface area contributed by atoms with Crippen molar-refractivity contribution in [3.63, 3.8) is 0 Å². The Hall–Kier alpha value is -2.66. The summed E-state index contributed by atoms with van der Waals surface area (Å²) in [5, 5.41) is 10.8. The lowest BCUT2D eigenvalue weighted by molar-refractivity contribution is -0.384. The molecule has 1 aliphatic heterocycles. The summed E-state index contributed by atoms with van der Waals surface area (Å²) in [4.78, 5) is 37.2. The molecule has 0 saturated carbocycles. The molecule has 0 N–H and O–H groups in total. The third kappa shape index (κ3) is 5.20. The predicted octanol–water partition coefficient (Wildman–Crippen LogP) is 7.59. The first-order valence-electron chi connectivity index (χ1n) is 9.62. The van der Waals surface area contributed by atoms with Gasteiger partial charge < -0.3 is 4.74 Å². The van der Waals surface area contributed by atoms with Crippen LogP contribution in [0.1, 0.15) is 11.1 Å². The predicted molar refractivity (Wildman–Crippen MR) is 139 cm³/mol. The second-order valence-corrected chi connectivity index (χ2v) is 10.1. The van der Waals surface area contributed by atoms with Crippen molar-refractivity contribution in [3.8, 4) is 5.75 Å². The average molecular weight is 625 g/mol. The lowest BCUT2D eigenvalue weighted by Gasteiger charge is -2.13. The maximum Gasteiger partial charge on any atom is 0.298 e. The number of anilines is 1. The molecule has 0 aliphatic carbocycles. The van der Waals surface area contributed by atoms with Gasteiger partial charge in [0.15, 0.2) is 0 Å². The first-order valence-corrected chi connectivity index (χ1v) is 12.4. The van der Waals surface area contributed by atoms with E-state index >= 15 is 0 Å². The van der Waals surface area contributed by atoms with E-state index in [0.29, 0.717) is 36.5 Å². The molecule has 1 saturated heterocycles. The zero-order valence-corrected chi connectivity index (χ0v) is 21.8. The molecule has 0 bridgehead atoms. The average Bonchev–Trinajstić information content (AvgIpc) is 3.06. The number of rotatable bonds is 6. The largest absolute Gasteiger partial charge is 0.487 e. The number of amides is 2. The van der Waals surface area contributed by atoms with E-state index in [0.717, 1.165) is 16.7 Å². The Kier molecular flexibility index (Phi) is 7.42. The van der Waals surface area contributed by atoms with Crippen LogP contribution in [0, 0.1) is 10.1 Å². The Bertz CT molecular complexity index is 1340. The van der Waals surface area contributed by atoms with Crippen LogP contribution in [0.3, 0.4) is 0 Å². The molecular formula is C23H13Br2ClN2O5S. The Balaban J connectivity index is 1.54. The summed E-state index contributed by atoms with van der Waals surface area (Å²) < 4.78 is 7.06. The lowest BCUT2D eigenvalue weighted by Crippen LogP contribution is -2.27. The van der Waals surface area contributed by atoms with Crippen molar-refractivity contribution in [2.24, 2.45) is 0 Å². The monoisotopic (exact) mass is 622 g/mol. The molecule has 1 fully saturated rings. The highest BCUT2D eigenvalue weighted by molar-refractivity contribution is 9.11. The number of para-hydroxylation sites is 1. The zero-order chi connectivity index (χ0) is 24.4. The molecule has 0 aromatic heterocycles. The molecule has 0 spiro atoms. The van der Waals surface area contributed by atoms with Gasteiger partial charge in [0.2, 0.25) is 0 Å². The van der Waals surface area contributed by atoms with Crippen LogP contribution in [0.5, 0.6) is 5.75 Å². The fourth-order valence-corrected chi connectivity index (χ4v) is 5.68. The van der Waals surface area contributed by atoms with E-state index in [4.69, 9.17) is 16.3 Å². The number of benzene rings is 3. The molecule has 1 heterocycles. The van der Waals surface area contributed by atoms with Crippen molar-refractivity contribution in [2.45, 2.75) is 6.61 Å². The summed E-state index contributed by atoms with van der Waals surface area (Å²) >= 11 is 13.9. The zero-order valence-electron chi connectivity index (χ0n) is 17.0. The van der Waals surface area contributed by atoms with E-state index in [-0.39, 0.29) is 17.2 Å². The third-order valence-corrected chi connectivity index (χ3v) is 7.08. The molecule has 11 heteroatoms. The van der Waals surface area contributed by atoms with E-state index in [9.17, 15) is 19.7 Å².